The molecule has 1 aromatic heterocycles. The zero-order valence-corrected chi connectivity index (χ0v) is 15.8. The molecule has 2 heterocycles. The lowest BCUT2D eigenvalue weighted by molar-refractivity contribution is -0.134. The Hall–Kier alpha value is -2.47. The molecule has 27 heavy (non-hydrogen) atoms. The Morgan fingerprint density at radius 1 is 1.22 bits per heavy atom. The maximum atomic E-state index is 12.5. The van der Waals surface area contributed by atoms with Crippen molar-refractivity contribution in [2.45, 2.75) is 32.2 Å². The van der Waals surface area contributed by atoms with E-state index in [-0.39, 0.29) is 11.9 Å². The second-order valence-corrected chi connectivity index (χ2v) is 7.38. The molecule has 0 N–H and O–H groups in total. The lowest BCUT2D eigenvalue weighted by Crippen LogP contribution is -2.49. The van der Waals surface area contributed by atoms with Crippen molar-refractivity contribution in [3.63, 3.8) is 0 Å². The normalized spacial score (nSPS) is 21.5. The molecule has 6 nitrogen and oxygen atoms in total. The van der Waals surface area contributed by atoms with Crippen LogP contribution in [-0.4, -0.2) is 52.0 Å². The summed E-state index contributed by atoms with van der Waals surface area (Å²) in [5, 5.41) is 4.12. The topological polar surface area (TPSA) is 62.5 Å². The second kappa shape index (κ2) is 8.05. The predicted molar refractivity (Wildman–Crippen MR) is 103 cm³/mol. The van der Waals surface area contributed by atoms with E-state index in [0.717, 1.165) is 44.6 Å². The molecule has 1 aliphatic carbocycles. The summed E-state index contributed by atoms with van der Waals surface area (Å²) in [6, 6.07) is 9.90. The van der Waals surface area contributed by atoms with Crippen molar-refractivity contribution in [1.82, 2.24) is 19.9 Å². The molecular formula is C21H26N4O2. The Labute approximate surface area is 159 Å². The first-order chi connectivity index (χ1) is 13.2. The number of carbonyl (C=O) groups excluding carboxylic acids is 1. The van der Waals surface area contributed by atoms with E-state index < -0.39 is 0 Å². The van der Waals surface area contributed by atoms with E-state index in [1.807, 2.05) is 35.2 Å². The summed E-state index contributed by atoms with van der Waals surface area (Å²) >= 11 is 0. The Kier molecular flexibility index (Phi) is 5.34. The summed E-state index contributed by atoms with van der Waals surface area (Å²) in [6.07, 6.45) is 7.25. The van der Waals surface area contributed by atoms with Gasteiger partial charge >= 0.3 is 0 Å². The predicted octanol–water partition coefficient (Wildman–Crippen LogP) is 3.30. The molecule has 2 atom stereocenters. The SMILES string of the molecule is CC(c1nc(-c2ccccc2)no1)N1CCN(C(=O)CC2C=CCC2)CC1. The van der Waals surface area contributed by atoms with Gasteiger partial charge in [0, 0.05) is 38.2 Å². The van der Waals surface area contributed by atoms with Crippen LogP contribution < -0.4 is 0 Å². The maximum absolute atomic E-state index is 12.5. The maximum Gasteiger partial charge on any atom is 0.244 e. The van der Waals surface area contributed by atoms with Crippen molar-refractivity contribution in [3.8, 4) is 11.4 Å². The first kappa shape index (κ1) is 17.9. The van der Waals surface area contributed by atoms with E-state index in [1.54, 1.807) is 0 Å². The molecule has 1 aliphatic heterocycles. The molecule has 4 rings (SSSR count). The number of hydrogen-bond acceptors (Lipinski definition) is 5. The van der Waals surface area contributed by atoms with Gasteiger partial charge in [-0.15, -0.1) is 0 Å². The summed E-state index contributed by atoms with van der Waals surface area (Å²) in [6.45, 7) is 5.27. The molecule has 2 aromatic rings. The van der Waals surface area contributed by atoms with E-state index >= 15 is 0 Å². The molecule has 0 saturated carbocycles. The monoisotopic (exact) mass is 366 g/mol. The van der Waals surface area contributed by atoms with Crippen LogP contribution in [-0.2, 0) is 4.79 Å². The number of benzene rings is 1. The van der Waals surface area contributed by atoms with E-state index in [0.29, 0.717) is 24.1 Å². The summed E-state index contributed by atoms with van der Waals surface area (Å²) in [5.41, 5.74) is 0.955. The van der Waals surface area contributed by atoms with Gasteiger partial charge in [-0.25, -0.2) is 0 Å². The zero-order chi connectivity index (χ0) is 18.6. The zero-order valence-electron chi connectivity index (χ0n) is 15.8. The fraction of sp³-hybridized carbons (Fsp3) is 0.476. The molecule has 1 saturated heterocycles. The van der Waals surface area contributed by atoms with Crippen LogP contribution in [0.4, 0.5) is 0 Å². The molecule has 6 heteroatoms. The third-order valence-corrected chi connectivity index (χ3v) is 5.59. The number of amides is 1. The lowest BCUT2D eigenvalue weighted by Gasteiger charge is -2.37. The van der Waals surface area contributed by atoms with Crippen LogP contribution in [0.2, 0.25) is 0 Å². The quantitative estimate of drug-likeness (QED) is 0.760. The van der Waals surface area contributed by atoms with Crippen LogP contribution in [0.25, 0.3) is 11.4 Å². The van der Waals surface area contributed by atoms with Crippen molar-refractivity contribution >= 4 is 5.91 Å². The standard InChI is InChI=1S/C21H26N4O2/c1-16(21-22-20(23-27-21)18-9-3-2-4-10-18)24-11-13-25(14-12-24)19(26)15-17-7-5-6-8-17/h2-5,7,9-10,16-17H,6,8,11-15H2,1H3. The second-order valence-electron chi connectivity index (χ2n) is 7.38. The van der Waals surface area contributed by atoms with Crippen molar-refractivity contribution in [3.05, 3.63) is 48.4 Å². The molecule has 1 aromatic carbocycles. The van der Waals surface area contributed by atoms with Crippen molar-refractivity contribution in [2.75, 3.05) is 26.2 Å². The number of nitrogens with zero attached hydrogens (tertiary/aromatic N) is 4. The fourth-order valence-corrected chi connectivity index (χ4v) is 3.84. The number of rotatable bonds is 5. The molecule has 2 unspecified atom stereocenters. The average molecular weight is 366 g/mol. The van der Waals surface area contributed by atoms with Crippen molar-refractivity contribution in [1.29, 1.82) is 0 Å². The van der Waals surface area contributed by atoms with E-state index in [9.17, 15) is 4.79 Å². The highest BCUT2D eigenvalue weighted by molar-refractivity contribution is 5.76. The number of aromatic nitrogens is 2. The molecule has 2 aliphatic rings. The van der Waals surface area contributed by atoms with Gasteiger partial charge in [0.15, 0.2) is 0 Å². The van der Waals surface area contributed by atoms with E-state index in [2.05, 4.69) is 34.1 Å². The van der Waals surface area contributed by atoms with Crippen LogP contribution >= 0.6 is 0 Å². The van der Waals surface area contributed by atoms with Gasteiger partial charge in [0.25, 0.3) is 0 Å². The molecule has 142 valence electrons. The third kappa shape index (κ3) is 4.11. The highest BCUT2D eigenvalue weighted by Gasteiger charge is 2.28. The minimum atomic E-state index is 0.0463. The van der Waals surface area contributed by atoms with Crippen molar-refractivity contribution < 1.29 is 9.32 Å². The van der Waals surface area contributed by atoms with Gasteiger partial charge in [-0.3, -0.25) is 9.69 Å². The smallest absolute Gasteiger partial charge is 0.244 e. The highest BCUT2D eigenvalue weighted by atomic mass is 16.5. The summed E-state index contributed by atoms with van der Waals surface area (Å²) in [4.78, 5) is 21.4. The Balaban J connectivity index is 1.32. The van der Waals surface area contributed by atoms with Gasteiger partial charge in [-0.1, -0.05) is 47.6 Å². The molecule has 0 bridgehead atoms. The number of allylic oxidation sites excluding steroid dienone is 2. The molecule has 1 fully saturated rings. The van der Waals surface area contributed by atoms with Gasteiger partial charge in [-0.2, -0.15) is 4.98 Å². The number of carbonyl (C=O) groups is 1. The first-order valence-electron chi connectivity index (χ1n) is 9.78. The van der Waals surface area contributed by atoms with Gasteiger partial charge < -0.3 is 9.42 Å². The Morgan fingerprint density at radius 3 is 2.70 bits per heavy atom. The largest absolute Gasteiger partial charge is 0.340 e. The summed E-state index contributed by atoms with van der Waals surface area (Å²) < 4.78 is 5.51. The van der Waals surface area contributed by atoms with Crippen molar-refractivity contribution in [2.24, 2.45) is 5.92 Å². The third-order valence-electron chi connectivity index (χ3n) is 5.59. The van der Waals surface area contributed by atoms with Gasteiger partial charge in [-0.05, 0) is 25.7 Å². The number of piperazine rings is 1. The molecular weight excluding hydrogens is 340 g/mol. The lowest BCUT2D eigenvalue weighted by atomic mass is 10.0. The van der Waals surface area contributed by atoms with Crippen LogP contribution in [0, 0.1) is 5.92 Å². The fourth-order valence-electron chi connectivity index (χ4n) is 3.84. The van der Waals surface area contributed by atoms with Gasteiger partial charge in [0.2, 0.25) is 17.6 Å². The van der Waals surface area contributed by atoms with Crippen LogP contribution in [0.3, 0.4) is 0 Å². The first-order valence-corrected chi connectivity index (χ1v) is 9.78. The van der Waals surface area contributed by atoms with E-state index in [4.69, 9.17) is 4.52 Å². The van der Waals surface area contributed by atoms with Crippen LogP contribution in [0.1, 0.15) is 38.1 Å². The minimum absolute atomic E-state index is 0.0463. The van der Waals surface area contributed by atoms with Gasteiger partial charge in [0.05, 0.1) is 6.04 Å². The van der Waals surface area contributed by atoms with Gasteiger partial charge in [0.1, 0.15) is 0 Å². The van der Waals surface area contributed by atoms with Crippen LogP contribution in [0.5, 0.6) is 0 Å². The molecule has 1 amide bonds. The highest BCUT2D eigenvalue weighted by Crippen LogP contribution is 2.25. The number of hydrogen-bond donors (Lipinski definition) is 0. The minimum Gasteiger partial charge on any atom is -0.340 e. The summed E-state index contributed by atoms with van der Waals surface area (Å²) in [7, 11) is 0. The Morgan fingerprint density at radius 2 is 2.00 bits per heavy atom. The molecule has 0 spiro atoms. The molecule has 0 radical (unpaired) electrons. The van der Waals surface area contributed by atoms with Crippen LogP contribution in [0.15, 0.2) is 47.0 Å². The Bertz CT molecular complexity index is 794. The van der Waals surface area contributed by atoms with E-state index in [1.165, 1.54) is 0 Å². The summed E-state index contributed by atoms with van der Waals surface area (Å²) in [5.74, 6) is 1.97. The average Bonchev–Trinajstić information content (AvgIpc) is 3.40.